The summed E-state index contributed by atoms with van der Waals surface area (Å²) >= 11 is 20.5. The number of halogens is 3. The molecule has 0 bridgehead atoms. The van der Waals surface area contributed by atoms with E-state index in [-0.39, 0.29) is 10.9 Å². The topological polar surface area (TPSA) is 40.6 Å². The predicted octanol–water partition coefficient (Wildman–Crippen LogP) is 6.45. The van der Waals surface area contributed by atoms with Gasteiger partial charge in [-0.05, 0) is 81.5 Å². The zero-order valence-corrected chi connectivity index (χ0v) is 21.5. The molecule has 0 N–H and O–H groups in total. The number of sulfonamides is 1. The van der Waals surface area contributed by atoms with E-state index in [0.717, 1.165) is 19.6 Å². The number of benzene rings is 2. The highest BCUT2D eigenvalue weighted by Crippen LogP contribution is 2.35. The van der Waals surface area contributed by atoms with Gasteiger partial charge in [-0.2, -0.15) is 11.8 Å². The van der Waals surface area contributed by atoms with Crippen LogP contribution in [0.1, 0.15) is 26.2 Å². The summed E-state index contributed by atoms with van der Waals surface area (Å²) in [5.74, 6) is 0. The Bertz CT molecular complexity index is 987. The maximum absolute atomic E-state index is 13.7. The molecule has 4 nitrogen and oxygen atoms in total. The van der Waals surface area contributed by atoms with E-state index in [1.54, 1.807) is 30.3 Å². The normalized spacial score (nSPS) is 18.7. The van der Waals surface area contributed by atoms with Crippen molar-refractivity contribution < 1.29 is 8.42 Å². The molecule has 1 aliphatic heterocycles. The van der Waals surface area contributed by atoms with Crippen molar-refractivity contribution in [3.05, 3.63) is 57.5 Å². The maximum Gasteiger partial charge on any atom is 0.264 e. The lowest BCUT2D eigenvalue weighted by Gasteiger charge is -2.35. The van der Waals surface area contributed by atoms with Crippen molar-refractivity contribution in [1.29, 1.82) is 0 Å². The number of anilines is 1. The largest absolute Gasteiger partial charge is 0.302 e. The van der Waals surface area contributed by atoms with Crippen molar-refractivity contribution in [2.24, 2.45) is 0 Å². The third-order valence-corrected chi connectivity index (χ3v) is 9.38. The van der Waals surface area contributed by atoms with Crippen LogP contribution in [0.15, 0.2) is 47.4 Å². The Morgan fingerprint density at radius 1 is 1.13 bits per heavy atom. The molecule has 2 aromatic carbocycles. The second kappa shape index (κ2) is 11.0. The van der Waals surface area contributed by atoms with Gasteiger partial charge in [0, 0.05) is 34.4 Å². The number of rotatable bonds is 8. The van der Waals surface area contributed by atoms with Crippen molar-refractivity contribution in [3.63, 3.8) is 0 Å². The van der Waals surface area contributed by atoms with E-state index >= 15 is 0 Å². The van der Waals surface area contributed by atoms with Gasteiger partial charge in [0.15, 0.2) is 0 Å². The quantitative estimate of drug-likeness (QED) is 0.400. The van der Waals surface area contributed by atoms with Gasteiger partial charge in [-0.15, -0.1) is 0 Å². The summed E-state index contributed by atoms with van der Waals surface area (Å²) in [7, 11) is -3.87. The fourth-order valence-electron chi connectivity index (χ4n) is 3.87. The van der Waals surface area contributed by atoms with Crippen molar-refractivity contribution in [3.8, 4) is 0 Å². The Labute approximate surface area is 204 Å². The molecule has 2 unspecified atom stereocenters. The molecule has 0 amide bonds. The van der Waals surface area contributed by atoms with Gasteiger partial charge in [0.25, 0.3) is 10.0 Å². The highest BCUT2D eigenvalue weighted by atomic mass is 35.5. The fraction of sp³-hybridized carbons (Fsp3) is 0.455. The van der Waals surface area contributed by atoms with Crippen LogP contribution in [0.2, 0.25) is 15.1 Å². The summed E-state index contributed by atoms with van der Waals surface area (Å²) in [6.45, 7) is 4.82. The number of thioether (sulfide) groups is 1. The molecule has 0 radical (unpaired) electrons. The van der Waals surface area contributed by atoms with Crippen LogP contribution in [0.4, 0.5) is 5.69 Å². The molecule has 0 aliphatic carbocycles. The molecule has 1 fully saturated rings. The van der Waals surface area contributed by atoms with Gasteiger partial charge < -0.3 is 4.90 Å². The first-order chi connectivity index (χ1) is 14.7. The van der Waals surface area contributed by atoms with Gasteiger partial charge in [0.05, 0.1) is 15.6 Å². The Balaban J connectivity index is 1.90. The van der Waals surface area contributed by atoms with Crippen LogP contribution in [0, 0.1) is 0 Å². The summed E-state index contributed by atoms with van der Waals surface area (Å²) in [6.07, 6.45) is 5.24. The minimum atomic E-state index is -3.87. The van der Waals surface area contributed by atoms with Crippen molar-refractivity contribution in [2.45, 2.75) is 42.4 Å². The predicted molar refractivity (Wildman–Crippen MR) is 135 cm³/mol. The monoisotopic (exact) mass is 520 g/mol. The standard InChI is InChI=1S/C22H27Cl3N2O2S2/c1-16(11-13-26-12-3-4-19(15-26)30-2)27(22-14-18(24)7-10-21(22)25)31(28,29)20-8-5-17(23)6-9-20/h5-10,14,16,19H,3-4,11-13,15H2,1-2H3. The third kappa shape index (κ3) is 6.24. The van der Waals surface area contributed by atoms with E-state index in [1.807, 2.05) is 18.7 Å². The molecule has 1 saturated heterocycles. The number of likely N-dealkylation sites (tertiary alicyclic amines) is 1. The molecule has 3 rings (SSSR count). The van der Waals surface area contributed by atoms with Crippen LogP contribution >= 0.6 is 46.6 Å². The van der Waals surface area contributed by atoms with E-state index in [9.17, 15) is 8.42 Å². The Morgan fingerprint density at radius 3 is 2.48 bits per heavy atom. The van der Waals surface area contributed by atoms with Gasteiger partial charge in [0.2, 0.25) is 0 Å². The summed E-state index contributed by atoms with van der Waals surface area (Å²) in [5.41, 5.74) is 0.386. The highest BCUT2D eigenvalue weighted by Gasteiger charge is 2.32. The number of piperidine rings is 1. The van der Waals surface area contributed by atoms with E-state index in [4.69, 9.17) is 34.8 Å². The van der Waals surface area contributed by atoms with Crippen LogP contribution in [0.5, 0.6) is 0 Å². The van der Waals surface area contributed by atoms with Crippen molar-refractivity contribution >= 4 is 62.3 Å². The second-order valence-corrected chi connectivity index (χ2v) is 12.0. The van der Waals surface area contributed by atoms with Gasteiger partial charge in [-0.1, -0.05) is 34.8 Å². The Hall–Kier alpha value is -0.630. The van der Waals surface area contributed by atoms with Crippen LogP contribution in [-0.2, 0) is 10.0 Å². The molecule has 2 atom stereocenters. The van der Waals surface area contributed by atoms with E-state index < -0.39 is 10.0 Å². The molecule has 31 heavy (non-hydrogen) atoms. The Morgan fingerprint density at radius 2 is 1.81 bits per heavy atom. The van der Waals surface area contributed by atoms with Gasteiger partial charge in [0.1, 0.15) is 0 Å². The fourth-order valence-corrected chi connectivity index (χ4v) is 6.88. The molecule has 0 aromatic heterocycles. The second-order valence-electron chi connectivity index (χ2n) is 7.79. The number of hydrogen-bond acceptors (Lipinski definition) is 4. The first kappa shape index (κ1) is 25.0. The lowest BCUT2D eigenvalue weighted by molar-refractivity contribution is 0.227. The lowest BCUT2D eigenvalue weighted by Crippen LogP contribution is -2.43. The molecule has 1 aliphatic rings. The van der Waals surface area contributed by atoms with Crippen LogP contribution < -0.4 is 4.31 Å². The summed E-state index contributed by atoms with van der Waals surface area (Å²) in [5, 5.41) is 1.89. The minimum Gasteiger partial charge on any atom is -0.302 e. The lowest BCUT2D eigenvalue weighted by atomic mass is 10.1. The molecular formula is C22H27Cl3N2O2S2. The highest BCUT2D eigenvalue weighted by molar-refractivity contribution is 7.99. The average molecular weight is 522 g/mol. The SMILES string of the molecule is CSC1CCCN(CCC(C)N(c2cc(Cl)ccc2Cl)S(=O)(=O)c2ccc(Cl)cc2)C1. The van der Waals surface area contributed by atoms with E-state index in [0.29, 0.717) is 32.4 Å². The number of nitrogens with zero attached hydrogens (tertiary/aromatic N) is 2. The zero-order chi connectivity index (χ0) is 22.6. The molecule has 9 heteroatoms. The van der Waals surface area contributed by atoms with E-state index in [1.165, 1.54) is 29.3 Å². The van der Waals surface area contributed by atoms with Crippen LogP contribution in [0.25, 0.3) is 0 Å². The maximum atomic E-state index is 13.7. The van der Waals surface area contributed by atoms with Crippen LogP contribution in [0.3, 0.4) is 0 Å². The third-order valence-electron chi connectivity index (χ3n) is 5.58. The van der Waals surface area contributed by atoms with Gasteiger partial charge in [-0.25, -0.2) is 8.42 Å². The summed E-state index contributed by atoms with van der Waals surface area (Å²) < 4.78 is 28.7. The Kier molecular flexibility index (Phi) is 8.87. The molecular weight excluding hydrogens is 495 g/mol. The van der Waals surface area contributed by atoms with Crippen molar-refractivity contribution in [2.75, 3.05) is 30.2 Å². The molecule has 1 heterocycles. The van der Waals surface area contributed by atoms with Crippen molar-refractivity contribution in [1.82, 2.24) is 4.90 Å². The first-order valence-corrected chi connectivity index (χ1v) is 14.1. The summed E-state index contributed by atoms with van der Waals surface area (Å²) in [4.78, 5) is 2.59. The molecule has 0 saturated carbocycles. The molecule has 2 aromatic rings. The summed E-state index contributed by atoms with van der Waals surface area (Å²) in [6, 6.07) is 10.8. The average Bonchev–Trinajstić information content (AvgIpc) is 2.75. The molecule has 170 valence electrons. The van der Waals surface area contributed by atoms with Gasteiger partial charge >= 0.3 is 0 Å². The zero-order valence-electron chi connectivity index (χ0n) is 17.6. The smallest absolute Gasteiger partial charge is 0.264 e. The number of hydrogen-bond donors (Lipinski definition) is 0. The van der Waals surface area contributed by atoms with Gasteiger partial charge in [-0.3, -0.25) is 4.31 Å². The first-order valence-electron chi connectivity index (χ1n) is 10.2. The minimum absolute atomic E-state index is 0.167. The van der Waals surface area contributed by atoms with Crippen LogP contribution in [-0.4, -0.2) is 50.5 Å². The van der Waals surface area contributed by atoms with E-state index in [2.05, 4.69) is 11.2 Å². The molecule has 0 spiro atoms.